The van der Waals surface area contributed by atoms with Crippen molar-refractivity contribution in [3.05, 3.63) is 48.3 Å². The van der Waals surface area contributed by atoms with E-state index in [-0.39, 0.29) is 4.90 Å². The minimum Gasteiger partial charge on any atom is -0.493 e. The van der Waals surface area contributed by atoms with E-state index in [0.29, 0.717) is 41.8 Å². The Labute approximate surface area is 181 Å². The molecule has 0 unspecified atom stereocenters. The van der Waals surface area contributed by atoms with E-state index in [1.807, 2.05) is 37.2 Å². The number of alkyl halides is 1. The number of rotatable bonds is 9. The lowest BCUT2D eigenvalue weighted by Crippen LogP contribution is -2.15. The number of nitrogens with one attached hydrogen (secondary N) is 1. The summed E-state index contributed by atoms with van der Waals surface area (Å²) in [6.07, 6.45) is 2.20. The van der Waals surface area contributed by atoms with E-state index in [9.17, 15) is 8.42 Å². The van der Waals surface area contributed by atoms with Gasteiger partial charge < -0.3 is 15.0 Å². The van der Waals surface area contributed by atoms with Crippen molar-refractivity contribution in [2.75, 3.05) is 31.9 Å². The monoisotopic (exact) mass is 449 g/mol. The van der Waals surface area contributed by atoms with E-state index in [4.69, 9.17) is 21.5 Å². The van der Waals surface area contributed by atoms with Crippen LogP contribution in [0.15, 0.2) is 47.6 Å². The van der Waals surface area contributed by atoms with Gasteiger partial charge in [0.25, 0.3) is 0 Å². The number of ether oxygens (including phenoxy) is 1. The van der Waals surface area contributed by atoms with E-state index >= 15 is 0 Å². The first-order chi connectivity index (χ1) is 14.3. The molecule has 3 N–H and O–H groups in total. The summed E-state index contributed by atoms with van der Waals surface area (Å²) in [5, 5.41) is 9.34. The maximum atomic E-state index is 11.8. The second-order valence-electron chi connectivity index (χ2n) is 7.02. The summed E-state index contributed by atoms with van der Waals surface area (Å²) in [5.74, 6) is 1.79. The van der Waals surface area contributed by atoms with E-state index < -0.39 is 10.0 Å². The summed E-state index contributed by atoms with van der Waals surface area (Å²) in [6, 6.07) is 10.3. The fourth-order valence-corrected chi connectivity index (χ4v) is 3.57. The van der Waals surface area contributed by atoms with E-state index in [1.165, 1.54) is 18.5 Å². The molecule has 1 aromatic heterocycles. The van der Waals surface area contributed by atoms with Gasteiger partial charge in [-0.2, -0.15) is 0 Å². The van der Waals surface area contributed by atoms with E-state index in [0.717, 1.165) is 17.4 Å². The van der Waals surface area contributed by atoms with Crippen LogP contribution >= 0.6 is 11.6 Å². The van der Waals surface area contributed by atoms with Gasteiger partial charge >= 0.3 is 0 Å². The minimum atomic E-state index is -3.83. The third kappa shape index (κ3) is 5.57. The molecule has 10 heteroatoms. The Kier molecular flexibility index (Phi) is 7.09. The number of fused-ring (bicyclic) bond motifs is 1. The van der Waals surface area contributed by atoms with Crippen molar-refractivity contribution in [1.29, 1.82) is 0 Å². The lowest BCUT2D eigenvalue weighted by Gasteiger charge is -2.17. The number of nitrogens with two attached hydrogens (primary N) is 1. The Morgan fingerprint density at radius 3 is 2.67 bits per heavy atom. The quantitative estimate of drug-likeness (QED) is 0.381. The second-order valence-corrected chi connectivity index (χ2v) is 8.96. The molecule has 0 aliphatic carbocycles. The first kappa shape index (κ1) is 22.2. The number of nitrogens with zero attached hydrogens (tertiary/aromatic N) is 3. The van der Waals surface area contributed by atoms with Crippen molar-refractivity contribution in [2.45, 2.75) is 17.9 Å². The van der Waals surface area contributed by atoms with E-state index in [2.05, 4.69) is 15.3 Å². The molecule has 0 fully saturated rings. The molecule has 0 saturated carbocycles. The number of primary sulfonamides is 1. The van der Waals surface area contributed by atoms with Gasteiger partial charge in [-0.1, -0.05) is 6.07 Å². The summed E-state index contributed by atoms with van der Waals surface area (Å²) < 4.78 is 29.3. The van der Waals surface area contributed by atoms with Crippen LogP contribution in [-0.4, -0.2) is 49.9 Å². The highest BCUT2D eigenvalue weighted by atomic mass is 35.5. The molecular weight excluding hydrogens is 426 g/mol. The molecule has 0 amide bonds. The number of anilines is 2. The van der Waals surface area contributed by atoms with Crippen molar-refractivity contribution >= 4 is 44.0 Å². The zero-order valence-corrected chi connectivity index (χ0v) is 18.4. The van der Waals surface area contributed by atoms with Crippen LogP contribution in [0.3, 0.4) is 0 Å². The van der Waals surface area contributed by atoms with Crippen molar-refractivity contribution in [2.24, 2.45) is 5.14 Å². The van der Waals surface area contributed by atoms with Crippen LogP contribution in [0.5, 0.6) is 5.75 Å². The zero-order chi connectivity index (χ0) is 21.7. The van der Waals surface area contributed by atoms with Crippen LogP contribution in [0, 0.1) is 0 Å². The standard InChI is InChI=1S/C20H24ClN5O3S/c1-26(2)12-14-4-6-16(30(22,27)28)11-18(14)25-20-17-7-5-15(29-9-3-8-21)10-19(17)23-13-24-20/h4-7,10-11,13H,3,8-9,12H2,1-2H3,(H2,22,27,28)(H,23,24,25). The molecule has 160 valence electrons. The summed E-state index contributed by atoms with van der Waals surface area (Å²) in [4.78, 5) is 10.7. The number of halogens is 1. The molecule has 0 aliphatic rings. The molecule has 0 atom stereocenters. The van der Waals surface area contributed by atoms with Crippen molar-refractivity contribution in [3.8, 4) is 5.75 Å². The van der Waals surface area contributed by atoms with Crippen LogP contribution in [0.25, 0.3) is 10.9 Å². The Hall–Kier alpha value is -2.46. The molecule has 0 spiro atoms. The normalized spacial score (nSPS) is 11.8. The maximum absolute atomic E-state index is 11.8. The van der Waals surface area contributed by atoms with Gasteiger partial charge in [-0.15, -0.1) is 11.6 Å². The predicted molar refractivity (Wildman–Crippen MR) is 119 cm³/mol. The van der Waals surface area contributed by atoms with Gasteiger partial charge in [0, 0.05) is 29.6 Å². The predicted octanol–water partition coefficient (Wildman–Crippen LogP) is 3.09. The Bertz CT molecular complexity index is 1140. The highest BCUT2D eigenvalue weighted by molar-refractivity contribution is 7.89. The Morgan fingerprint density at radius 2 is 1.97 bits per heavy atom. The number of aromatic nitrogens is 2. The summed E-state index contributed by atoms with van der Waals surface area (Å²) in [7, 11) is 0.0331. The van der Waals surface area contributed by atoms with Crippen molar-refractivity contribution < 1.29 is 13.2 Å². The molecule has 8 nitrogen and oxygen atoms in total. The van der Waals surface area contributed by atoms with Crippen LogP contribution in [0.4, 0.5) is 11.5 Å². The molecular formula is C20H24ClN5O3S. The van der Waals surface area contributed by atoms with Crippen molar-refractivity contribution in [3.63, 3.8) is 0 Å². The SMILES string of the molecule is CN(C)Cc1ccc(S(N)(=O)=O)cc1Nc1ncnc2cc(OCCCCl)ccc12. The topological polar surface area (TPSA) is 110 Å². The lowest BCUT2D eigenvalue weighted by atomic mass is 10.1. The van der Waals surface area contributed by atoms with Gasteiger partial charge in [-0.25, -0.2) is 23.5 Å². The largest absolute Gasteiger partial charge is 0.493 e. The summed E-state index contributed by atoms with van der Waals surface area (Å²) in [5.41, 5.74) is 2.21. The van der Waals surface area contributed by atoms with Gasteiger partial charge in [0.05, 0.1) is 17.0 Å². The zero-order valence-electron chi connectivity index (χ0n) is 16.8. The molecule has 0 bridgehead atoms. The molecule has 3 rings (SSSR count). The van der Waals surface area contributed by atoms with Crippen LogP contribution < -0.4 is 15.2 Å². The fourth-order valence-electron chi connectivity index (χ4n) is 2.93. The first-order valence-corrected chi connectivity index (χ1v) is 11.4. The van der Waals surface area contributed by atoms with Gasteiger partial charge in [0.2, 0.25) is 10.0 Å². The highest BCUT2D eigenvalue weighted by Crippen LogP contribution is 2.29. The second kappa shape index (κ2) is 9.57. The van der Waals surface area contributed by atoms with Crippen LogP contribution in [-0.2, 0) is 16.6 Å². The summed E-state index contributed by atoms with van der Waals surface area (Å²) in [6.45, 7) is 1.13. The third-order valence-electron chi connectivity index (χ3n) is 4.30. The Balaban J connectivity index is 1.98. The molecule has 0 radical (unpaired) electrons. The van der Waals surface area contributed by atoms with Gasteiger partial charge in [-0.3, -0.25) is 0 Å². The van der Waals surface area contributed by atoms with Gasteiger partial charge in [0.15, 0.2) is 0 Å². The van der Waals surface area contributed by atoms with Crippen molar-refractivity contribution in [1.82, 2.24) is 14.9 Å². The minimum absolute atomic E-state index is 0.0286. The number of benzene rings is 2. The summed E-state index contributed by atoms with van der Waals surface area (Å²) >= 11 is 5.69. The number of hydrogen-bond donors (Lipinski definition) is 2. The average molecular weight is 450 g/mol. The highest BCUT2D eigenvalue weighted by Gasteiger charge is 2.14. The van der Waals surface area contributed by atoms with E-state index in [1.54, 1.807) is 6.07 Å². The molecule has 0 aliphatic heterocycles. The van der Waals surface area contributed by atoms with Gasteiger partial charge in [0.1, 0.15) is 17.9 Å². The number of hydrogen-bond acceptors (Lipinski definition) is 7. The molecule has 30 heavy (non-hydrogen) atoms. The van der Waals surface area contributed by atoms with Gasteiger partial charge in [-0.05, 0) is 50.3 Å². The van der Waals surface area contributed by atoms with Crippen LogP contribution in [0.2, 0.25) is 0 Å². The lowest BCUT2D eigenvalue weighted by molar-refractivity contribution is 0.318. The first-order valence-electron chi connectivity index (χ1n) is 9.29. The fraction of sp³-hybridized carbons (Fsp3) is 0.300. The Morgan fingerprint density at radius 1 is 1.17 bits per heavy atom. The number of sulfonamides is 1. The molecule has 0 saturated heterocycles. The third-order valence-corrected chi connectivity index (χ3v) is 5.48. The smallest absolute Gasteiger partial charge is 0.238 e. The molecule has 2 aromatic carbocycles. The van der Waals surface area contributed by atoms with Crippen LogP contribution in [0.1, 0.15) is 12.0 Å². The molecule has 3 aromatic rings. The molecule has 1 heterocycles. The average Bonchev–Trinajstić information content (AvgIpc) is 2.68. The maximum Gasteiger partial charge on any atom is 0.238 e.